The monoisotopic (exact) mass is 278 g/mol. The van der Waals surface area contributed by atoms with E-state index in [1.54, 1.807) is 18.2 Å². The van der Waals surface area contributed by atoms with E-state index in [9.17, 15) is 9.90 Å². The van der Waals surface area contributed by atoms with Gasteiger partial charge in [0.2, 0.25) is 0 Å². The van der Waals surface area contributed by atoms with Crippen molar-refractivity contribution in [2.24, 2.45) is 0 Å². The Kier molecular flexibility index (Phi) is 4.49. The van der Waals surface area contributed by atoms with Gasteiger partial charge in [0, 0.05) is 12.2 Å². The molecule has 0 aromatic heterocycles. The number of nitrogens with one attached hydrogen (secondary N) is 1. The molecule has 20 heavy (non-hydrogen) atoms. The van der Waals surface area contributed by atoms with Crippen LogP contribution in [0.25, 0.3) is 0 Å². The number of anilines is 1. The number of nitrogen functional groups attached to an aromatic ring is 1. The Hall–Kier alpha value is -1.75. The van der Waals surface area contributed by atoms with Crippen molar-refractivity contribution in [3.8, 4) is 5.75 Å². The summed E-state index contributed by atoms with van der Waals surface area (Å²) >= 11 is 0. The van der Waals surface area contributed by atoms with Gasteiger partial charge < -0.3 is 20.9 Å². The summed E-state index contributed by atoms with van der Waals surface area (Å²) < 4.78 is 5.43. The van der Waals surface area contributed by atoms with Crippen molar-refractivity contribution < 1.29 is 14.6 Å². The van der Waals surface area contributed by atoms with Gasteiger partial charge in [-0.25, -0.2) is 0 Å². The molecule has 0 radical (unpaired) electrons. The van der Waals surface area contributed by atoms with Crippen LogP contribution >= 0.6 is 0 Å². The molecule has 0 saturated heterocycles. The number of amides is 1. The van der Waals surface area contributed by atoms with Gasteiger partial charge in [-0.1, -0.05) is 18.9 Å². The molecule has 1 aromatic carbocycles. The summed E-state index contributed by atoms with van der Waals surface area (Å²) in [5, 5.41) is 13.0. The lowest BCUT2D eigenvalue weighted by molar-refractivity contribution is 0.0449. The molecule has 1 aliphatic carbocycles. The molecule has 0 bridgehead atoms. The maximum atomic E-state index is 12.3. The third kappa shape index (κ3) is 3.22. The van der Waals surface area contributed by atoms with Crippen LogP contribution in [0.4, 0.5) is 5.69 Å². The highest BCUT2D eigenvalue weighted by atomic mass is 16.5. The van der Waals surface area contributed by atoms with Crippen molar-refractivity contribution in [3.05, 3.63) is 23.8 Å². The Labute approximate surface area is 119 Å². The van der Waals surface area contributed by atoms with Crippen molar-refractivity contribution in [2.75, 3.05) is 18.9 Å². The molecule has 1 saturated carbocycles. The number of nitrogens with two attached hydrogens (primary N) is 1. The third-order valence-electron chi connectivity index (χ3n) is 3.70. The van der Waals surface area contributed by atoms with E-state index in [-0.39, 0.29) is 12.5 Å². The number of hydrogen-bond acceptors (Lipinski definition) is 4. The molecular formula is C15H22N2O3. The molecule has 1 aromatic rings. The van der Waals surface area contributed by atoms with Crippen LogP contribution in [-0.2, 0) is 0 Å². The first-order valence-electron chi connectivity index (χ1n) is 7.07. The summed E-state index contributed by atoms with van der Waals surface area (Å²) in [7, 11) is 0. The molecule has 0 spiro atoms. The number of hydrogen-bond donors (Lipinski definition) is 3. The lowest BCUT2D eigenvalue weighted by Crippen LogP contribution is -2.41. The van der Waals surface area contributed by atoms with Gasteiger partial charge in [0.05, 0.1) is 12.2 Å². The van der Waals surface area contributed by atoms with Gasteiger partial charge in [0.1, 0.15) is 11.3 Å². The molecule has 2 rings (SSSR count). The number of ether oxygens (including phenoxy) is 1. The van der Waals surface area contributed by atoms with Crippen LogP contribution in [0.5, 0.6) is 5.75 Å². The largest absolute Gasteiger partial charge is 0.493 e. The number of aliphatic hydroxyl groups is 1. The average Bonchev–Trinajstić information content (AvgIpc) is 2.84. The molecule has 0 heterocycles. The summed E-state index contributed by atoms with van der Waals surface area (Å²) in [6, 6.07) is 5.14. The topological polar surface area (TPSA) is 84.6 Å². The minimum absolute atomic E-state index is 0.256. The van der Waals surface area contributed by atoms with Crippen LogP contribution in [0.15, 0.2) is 18.2 Å². The van der Waals surface area contributed by atoms with E-state index in [2.05, 4.69) is 5.32 Å². The zero-order valence-electron chi connectivity index (χ0n) is 11.8. The first-order chi connectivity index (χ1) is 9.56. The zero-order chi connectivity index (χ0) is 14.6. The van der Waals surface area contributed by atoms with Gasteiger partial charge in [-0.15, -0.1) is 0 Å². The van der Waals surface area contributed by atoms with Crippen LogP contribution in [-0.4, -0.2) is 29.8 Å². The van der Waals surface area contributed by atoms with Gasteiger partial charge in [-0.3, -0.25) is 4.79 Å². The van der Waals surface area contributed by atoms with Crippen molar-refractivity contribution in [1.82, 2.24) is 5.32 Å². The summed E-state index contributed by atoms with van der Waals surface area (Å²) in [6.07, 6.45) is 3.47. The SMILES string of the molecule is CCOc1cccc(N)c1C(=O)NCC1(O)CCCC1. The van der Waals surface area contributed by atoms with Gasteiger partial charge in [-0.05, 0) is 31.9 Å². The van der Waals surface area contributed by atoms with E-state index in [1.807, 2.05) is 6.92 Å². The highest BCUT2D eigenvalue weighted by Gasteiger charge is 2.31. The van der Waals surface area contributed by atoms with E-state index in [0.29, 0.717) is 23.6 Å². The average molecular weight is 278 g/mol. The maximum Gasteiger partial charge on any atom is 0.257 e. The molecule has 110 valence electrons. The Morgan fingerprint density at radius 1 is 1.45 bits per heavy atom. The van der Waals surface area contributed by atoms with Crippen molar-refractivity contribution in [3.63, 3.8) is 0 Å². The van der Waals surface area contributed by atoms with Crippen LogP contribution in [0.2, 0.25) is 0 Å². The number of carbonyl (C=O) groups excluding carboxylic acids is 1. The lowest BCUT2D eigenvalue weighted by Gasteiger charge is -2.23. The number of benzene rings is 1. The maximum absolute atomic E-state index is 12.3. The predicted molar refractivity (Wildman–Crippen MR) is 77.8 cm³/mol. The zero-order valence-corrected chi connectivity index (χ0v) is 11.8. The molecule has 1 aliphatic rings. The second kappa shape index (κ2) is 6.13. The van der Waals surface area contributed by atoms with Crippen LogP contribution in [0.3, 0.4) is 0 Å². The third-order valence-corrected chi connectivity index (χ3v) is 3.70. The second-order valence-electron chi connectivity index (χ2n) is 5.27. The van der Waals surface area contributed by atoms with Crippen LogP contribution < -0.4 is 15.8 Å². The van der Waals surface area contributed by atoms with Crippen molar-refractivity contribution in [2.45, 2.75) is 38.2 Å². The fraction of sp³-hybridized carbons (Fsp3) is 0.533. The van der Waals surface area contributed by atoms with Gasteiger partial charge in [0.25, 0.3) is 5.91 Å². The second-order valence-corrected chi connectivity index (χ2v) is 5.27. The van der Waals surface area contributed by atoms with Gasteiger partial charge in [-0.2, -0.15) is 0 Å². The Bertz CT molecular complexity index is 482. The number of rotatable bonds is 5. The van der Waals surface area contributed by atoms with E-state index < -0.39 is 5.60 Å². The molecular weight excluding hydrogens is 256 g/mol. The summed E-state index contributed by atoms with van der Waals surface area (Å²) in [6.45, 7) is 2.57. The molecule has 0 atom stereocenters. The quantitative estimate of drug-likeness (QED) is 0.716. The predicted octanol–water partition coefficient (Wildman–Crippen LogP) is 1.70. The van der Waals surface area contributed by atoms with E-state index >= 15 is 0 Å². The molecule has 1 fully saturated rings. The fourth-order valence-corrected chi connectivity index (χ4v) is 2.61. The minimum Gasteiger partial charge on any atom is -0.493 e. The molecule has 5 heteroatoms. The smallest absolute Gasteiger partial charge is 0.257 e. The van der Waals surface area contributed by atoms with Crippen LogP contribution in [0, 0.1) is 0 Å². The van der Waals surface area contributed by atoms with Gasteiger partial charge in [0.15, 0.2) is 0 Å². The van der Waals surface area contributed by atoms with E-state index in [0.717, 1.165) is 25.7 Å². The Balaban J connectivity index is 2.08. The van der Waals surface area contributed by atoms with Crippen LogP contribution in [0.1, 0.15) is 43.0 Å². The standard InChI is InChI=1S/C15H22N2O3/c1-2-20-12-7-5-6-11(16)13(12)14(18)17-10-15(19)8-3-4-9-15/h5-7,19H,2-4,8-10,16H2,1H3,(H,17,18). The van der Waals surface area contributed by atoms with Crippen molar-refractivity contribution >= 4 is 11.6 Å². The first-order valence-corrected chi connectivity index (χ1v) is 7.07. The highest BCUT2D eigenvalue weighted by Crippen LogP contribution is 2.29. The summed E-state index contributed by atoms with van der Waals surface area (Å²) in [5.41, 5.74) is 5.82. The summed E-state index contributed by atoms with van der Waals surface area (Å²) in [4.78, 5) is 12.3. The fourth-order valence-electron chi connectivity index (χ4n) is 2.61. The molecule has 5 nitrogen and oxygen atoms in total. The van der Waals surface area contributed by atoms with E-state index in [1.165, 1.54) is 0 Å². The highest BCUT2D eigenvalue weighted by molar-refractivity contribution is 6.01. The van der Waals surface area contributed by atoms with Crippen molar-refractivity contribution in [1.29, 1.82) is 0 Å². The molecule has 4 N–H and O–H groups in total. The Morgan fingerprint density at radius 2 is 2.15 bits per heavy atom. The Morgan fingerprint density at radius 3 is 2.80 bits per heavy atom. The van der Waals surface area contributed by atoms with Gasteiger partial charge >= 0.3 is 0 Å². The summed E-state index contributed by atoms with van der Waals surface area (Å²) in [5.74, 6) is 0.176. The molecule has 1 amide bonds. The minimum atomic E-state index is -0.773. The number of carbonyl (C=O) groups is 1. The normalized spacial score (nSPS) is 16.9. The first kappa shape index (κ1) is 14.7. The van der Waals surface area contributed by atoms with E-state index in [4.69, 9.17) is 10.5 Å². The molecule has 0 aliphatic heterocycles. The lowest BCUT2D eigenvalue weighted by atomic mass is 10.0. The molecule has 0 unspecified atom stereocenters.